The molecular weight excluding hydrogens is 903 g/mol. The van der Waals surface area contributed by atoms with Gasteiger partial charge in [0.1, 0.15) is 0 Å². The Bertz CT molecular complexity index is 2810. The van der Waals surface area contributed by atoms with E-state index < -0.39 is 0 Å². The van der Waals surface area contributed by atoms with Crippen LogP contribution in [0, 0.1) is 27.7 Å². The van der Waals surface area contributed by atoms with Crippen molar-refractivity contribution in [2.24, 2.45) is 0 Å². The van der Waals surface area contributed by atoms with Crippen LogP contribution in [0.3, 0.4) is 0 Å². The second-order valence-electron chi connectivity index (χ2n) is 15.2. The maximum atomic E-state index is 5.39. The molecule has 0 N–H and O–H groups in total. The molecule has 4 heterocycles. The van der Waals surface area contributed by atoms with E-state index >= 15 is 0 Å². The molecule has 4 aromatic heterocycles. The Balaban J connectivity index is 0.000000157. The van der Waals surface area contributed by atoms with Gasteiger partial charge in [-0.15, -0.1) is 116 Å². The van der Waals surface area contributed by atoms with E-state index in [1.165, 1.54) is 65.3 Å². The molecule has 8 heteroatoms. The zero-order valence-corrected chi connectivity index (χ0v) is 40.5. The second-order valence-corrected chi connectivity index (χ2v) is 15.2. The summed E-state index contributed by atoms with van der Waals surface area (Å²) >= 11 is 0. The first-order chi connectivity index (χ1) is 29.4. The molecule has 8 aromatic carbocycles. The minimum Gasteiger partial charge on any atom is -1.00 e. The van der Waals surface area contributed by atoms with Gasteiger partial charge in [-0.3, -0.25) is 0 Å². The fourth-order valence-electron chi connectivity index (χ4n) is 7.90. The summed E-state index contributed by atoms with van der Waals surface area (Å²) in [4.78, 5) is 0. The van der Waals surface area contributed by atoms with E-state index in [0.717, 1.165) is 45.3 Å². The van der Waals surface area contributed by atoms with Crippen LogP contribution in [-0.4, -0.2) is 0 Å². The van der Waals surface area contributed by atoms with Crippen molar-refractivity contribution in [3.63, 3.8) is 0 Å². The summed E-state index contributed by atoms with van der Waals surface area (Å²) in [5.74, 6) is 3.74. The van der Waals surface area contributed by atoms with E-state index in [2.05, 4.69) is 149 Å². The molecule has 0 saturated heterocycles. The van der Waals surface area contributed by atoms with E-state index in [0.29, 0.717) is 0 Å². The molecule has 12 aromatic rings. The van der Waals surface area contributed by atoms with Gasteiger partial charge in [-0.1, -0.05) is 117 Å². The Morgan fingerprint density at radius 2 is 0.516 bits per heavy atom. The number of hydrogen-bond acceptors (Lipinski definition) is 4. The first-order valence-electron chi connectivity index (χ1n) is 20.2. The number of aryl methyl sites for hydroxylation is 4. The predicted molar refractivity (Wildman–Crippen MR) is 248 cm³/mol. The van der Waals surface area contributed by atoms with Gasteiger partial charge in [-0.25, -0.2) is 0 Å². The van der Waals surface area contributed by atoms with E-state index in [1.807, 2.05) is 48.5 Å². The van der Waals surface area contributed by atoms with Crippen molar-refractivity contribution in [2.75, 3.05) is 0 Å². The molecule has 0 amide bonds. The van der Waals surface area contributed by atoms with Crippen LogP contribution in [0.25, 0.3) is 88.4 Å². The van der Waals surface area contributed by atoms with Crippen LogP contribution in [0.15, 0.2) is 213 Å². The third-order valence-corrected chi connectivity index (χ3v) is 11.1. The van der Waals surface area contributed by atoms with Crippen LogP contribution in [-0.2, 0) is 43.4 Å². The summed E-state index contributed by atoms with van der Waals surface area (Å²) in [6, 6.07) is 58.4. The molecule has 0 aliphatic heterocycles. The summed E-state index contributed by atoms with van der Waals surface area (Å²) in [7, 11) is 0. The van der Waals surface area contributed by atoms with Gasteiger partial charge in [0, 0.05) is 0 Å². The van der Waals surface area contributed by atoms with E-state index in [4.69, 9.17) is 17.7 Å². The van der Waals surface area contributed by atoms with Gasteiger partial charge in [0.2, 0.25) is 0 Å². The Kier molecular flexibility index (Phi) is 17.3. The molecule has 0 saturated carbocycles. The van der Waals surface area contributed by atoms with E-state index in [9.17, 15) is 0 Å². The number of rotatable bonds is 4. The third kappa shape index (κ3) is 10.9. The van der Waals surface area contributed by atoms with Crippen LogP contribution in [0.4, 0.5) is 0 Å². The number of fused-ring (bicyclic) bond motifs is 4. The Hall–Kier alpha value is -5.55. The smallest absolute Gasteiger partial charge is 1.00 e. The maximum absolute atomic E-state index is 5.39. The summed E-state index contributed by atoms with van der Waals surface area (Å²) in [6.45, 7) is 8.53. The largest absolute Gasteiger partial charge is 2.00 e. The first kappa shape index (κ1) is 49.5. The van der Waals surface area contributed by atoms with Gasteiger partial charge < -0.3 is 42.5 Å². The molecule has 64 heavy (non-hydrogen) atoms. The number of furan rings is 4. The molecule has 0 aliphatic carbocycles. The van der Waals surface area contributed by atoms with Gasteiger partial charge in [-0.05, 0) is 52.0 Å². The summed E-state index contributed by atoms with van der Waals surface area (Å²) in [5.41, 5.74) is 9.87. The number of halogens is 2. The van der Waals surface area contributed by atoms with Crippen molar-refractivity contribution in [1.82, 2.24) is 0 Å². The molecule has 0 spiro atoms. The Morgan fingerprint density at radius 1 is 0.297 bits per heavy atom. The summed E-state index contributed by atoms with van der Waals surface area (Å²) in [6.07, 6.45) is 6.83. The van der Waals surface area contributed by atoms with Gasteiger partial charge in [0.15, 0.2) is 0 Å². The zero-order valence-electron chi connectivity index (χ0n) is 35.9. The van der Waals surface area contributed by atoms with Gasteiger partial charge in [-0.2, -0.15) is 0 Å². The molecule has 0 fully saturated rings. The van der Waals surface area contributed by atoms with E-state index in [-0.39, 0.29) is 68.2 Å². The minimum absolute atomic E-state index is 0. The quantitative estimate of drug-likeness (QED) is 0.130. The van der Waals surface area contributed by atoms with Crippen LogP contribution < -0.4 is 24.8 Å². The van der Waals surface area contributed by atoms with Gasteiger partial charge in [0.25, 0.3) is 0 Å². The summed E-state index contributed by atoms with van der Waals surface area (Å²) in [5, 5.41) is 10.4. The molecule has 0 bridgehead atoms. The fraction of sp³-hybridized carbons (Fsp3) is 0.0714. The minimum atomic E-state index is 0. The third-order valence-electron chi connectivity index (χ3n) is 11.1. The topological polar surface area (TPSA) is 52.6 Å². The molecule has 0 aliphatic rings. The van der Waals surface area contributed by atoms with Crippen LogP contribution in [0.2, 0.25) is 0 Å². The van der Waals surface area contributed by atoms with Crippen molar-refractivity contribution >= 4 is 43.1 Å². The van der Waals surface area contributed by atoms with Crippen molar-refractivity contribution < 1.29 is 85.9 Å². The van der Waals surface area contributed by atoms with Gasteiger partial charge >= 0.3 is 43.4 Å². The molecule has 0 atom stereocenters. The molecule has 316 valence electrons. The average molecular weight is 948 g/mol. The molecule has 0 unspecified atom stereocenters. The molecule has 0 radical (unpaired) electrons. The fourth-order valence-corrected chi connectivity index (χ4v) is 7.90. The number of benzene rings is 4. The SMILES string of the molecule is Cc1cccc2[cH-]c(-c3ccco3)cc12.Cc1cccc2[cH-]c(-c3ccco3)cc12.Cc1cccc2[cH-]c(-c3ccco3)cc12.Cc1cccc2[cH-]c(-c3ccco3)cc12.[Cl-].[Cl-].[Ti+2].[Ti+2]. The first-order valence-corrected chi connectivity index (χ1v) is 20.2. The van der Waals surface area contributed by atoms with Crippen LogP contribution in [0.5, 0.6) is 0 Å². The molecule has 12 rings (SSSR count). The van der Waals surface area contributed by atoms with Crippen molar-refractivity contribution in [3.05, 3.63) is 217 Å². The monoisotopic (exact) mass is 946 g/mol. The Morgan fingerprint density at radius 3 is 0.688 bits per heavy atom. The second kappa shape index (κ2) is 22.4. The summed E-state index contributed by atoms with van der Waals surface area (Å²) < 4.78 is 21.6. The Labute approximate surface area is 415 Å². The molecule has 4 nitrogen and oxygen atoms in total. The zero-order chi connectivity index (χ0) is 41.0. The maximum Gasteiger partial charge on any atom is 2.00 e. The van der Waals surface area contributed by atoms with Crippen molar-refractivity contribution in [3.8, 4) is 45.3 Å². The number of hydrogen-bond donors (Lipinski definition) is 0. The standard InChI is InChI=1S/4C14H11O.2ClH.2Ti/c4*1-10-4-2-5-11-8-12(9-13(10)11)14-6-3-7-15-14;;;;/h4*2-9H,1H3;2*1H;;/q4*-1;;;2*+2/p-2. The van der Waals surface area contributed by atoms with E-state index in [1.54, 1.807) is 25.1 Å². The average Bonchev–Trinajstić information content (AvgIpc) is 4.12. The van der Waals surface area contributed by atoms with Crippen molar-refractivity contribution in [1.29, 1.82) is 0 Å². The normalized spacial score (nSPS) is 10.3. The van der Waals surface area contributed by atoms with Crippen molar-refractivity contribution in [2.45, 2.75) is 27.7 Å². The molecular formula is C56H44Cl2O4Ti2-2. The van der Waals surface area contributed by atoms with Gasteiger partial charge in [0.05, 0.1) is 48.1 Å². The predicted octanol–water partition coefficient (Wildman–Crippen LogP) is 10.5. The van der Waals surface area contributed by atoms with Crippen LogP contribution in [0.1, 0.15) is 22.3 Å². The van der Waals surface area contributed by atoms with Crippen LogP contribution >= 0.6 is 0 Å².